The zero-order chi connectivity index (χ0) is 22.2. The van der Waals surface area contributed by atoms with Gasteiger partial charge in [-0.15, -0.1) is 0 Å². The molecule has 0 atom stereocenters. The molecular formula is C28H35N3O2. The summed E-state index contributed by atoms with van der Waals surface area (Å²) in [6.45, 7) is 7.72. The second kappa shape index (κ2) is 9.13. The molecule has 0 radical (unpaired) electrons. The van der Waals surface area contributed by atoms with E-state index in [9.17, 15) is 0 Å². The summed E-state index contributed by atoms with van der Waals surface area (Å²) in [5, 5.41) is 0. The quantitative estimate of drug-likeness (QED) is 0.627. The maximum atomic E-state index is 5.61. The average molecular weight is 446 g/mol. The van der Waals surface area contributed by atoms with Gasteiger partial charge in [0.05, 0.1) is 26.0 Å². The van der Waals surface area contributed by atoms with Crippen molar-refractivity contribution in [3.63, 3.8) is 0 Å². The van der Waals surface area contributed by atoms with Crippen LogP contribution >= 0.6 is 0 Å². The van der Waals surface area contributed by atoms with E-state index in [2.05, 4.69) is 46.0 Å². The van der Waals surface area contributed by atoms with Crippen LogP contribution in [-0.4, -0.2) is 62.8 Å². The molecule has 2 fully saturated rings. The van der Waals surface area contributed by atoms with Crippen molar-refractivity contribution >= 4 is 11.8 Å². The maximum Gasteiger partial charge on any atom is 0.117 e. The fourth-order valence-corrected chi connectivity index (χ4v) is 5.68. The third kappa shape index (κ3) is 4.54. The van der Waals surface area contributed by atoms with Crippen LogP contribution in [0.25, 0.3) is 6.08 Å². The van der Waals surface area contributed by atoms with Gasteiger partial charge in [0.25, 0.3) is 0 Å². The van der Waals surface area contributed by atoms with Crippen molar-refractivity contribution in [1.82, 2.24) is 9.80 Å². The van der Waals surface area contributed by atoms with Crippen LogP contribution in [0.5, 0.6) is 0 Å². The Hall–Kier alpha value is -2.34. The Bertz CT molecular complexity index is 1060. The molecule has 0 N–H and O–H groups in total. The highest BCUT2D eigenvalue weighted by molar-refractivity contribution is 5.82. The molecule has 174 valence electrons. The lowest BCUT2D eigenvalue weighted by Crippen LogP contribution is -2.42. The first-order valence-corrected chi connectivity index (χ1v) is 12.6. The van der Waals surface area contributed by atoms with E-state index >= 15 is 0 Å². The van der Waals surface area contributed by atoms with Gasteiger partial charge < -0.3 is 14.1 Å². The Morgan fingerprint density at radius 2 is 1.79 bits per heavy atom. The maximum absolute atomic E-state index is 5.61. The molecule has 4 aliphatic rings. The molecule has 2 aliphatic carbocycles. The number of fused-ring (bicyclic) bond motifs is 2. The van der Waals surface area contributed by atoms with Crippen molar-refractivity contribution in [3.05, 3.63) is 69.8 Å². The van der Waals surface area contributed by atoms with E-state index in [4.69, 9.17) is 9.15 Å². The molecule has 5 heteroatoms. The number of ether oxygens (including phenoxy) is 1. The molecule has 33 heavy (non-hydrogen) atoms. The van der Waals surface area contributed by atoms with E-state index in [1.807, 2.05) is 6.07 Å². The van der Waals surface area contributed by atoms with Gasteiger partial charge in [0.15, 0.2) is 0 Å². The molecule has 0 bridgehead atoms. The first-order valence-electron chi connectivity index (χ1n) is 12.6. The minimum atomic E-state index is 0.831. The van der Waals surface area contributed by atoms with Crippen molar-refractivity contribution in [2.24, 2.45) is 0 Å². The monoisotopic (exact) mass is 445 g/mol. The SMILES string of the molecule is CN(CC1=Cc2cc3c(cc2N(CCN2CCOCC2)C1=C1CC1)CCC3)Cc1ccco1. The predicted molar refractivity (Wildman–Crippen MR) is 132 cm³/mol. The number of rotatable bonds is 7. The summed E-state index contributed by atoms with van der Waals surface area (Å²) < 4.78 is 11.2. The molecule has 1 saturated carbocycles. The highest BCUT2D eigenvalue weighted by Gasteiger charge is 2.32. The van der Waals surface area contributed by atoms with Crippen LogP contribution in [0.2, 0.25) is 0 Å². The molecule has 0 amide bonds. The first-order chi connectivity index (χ1) is 16.2. The average Bonchev–Trinajstić information content (AvgIpc) is 3.32. The minimum absolute atomic E-state index is 0.831. The number of furan rings is 1. The van der Waals surface area contributed by atoms with Crippen LogP contribution in [0, 0.1) is 0 Å². The van der Waals surface area contributed by atoms with Gasteiger partial charge in [0.1, 0.15) is 5.76 Å². The molecular weight excluding hydrogens is 410 g/mol. The van der Waals surface area contributed by atoms with Gasteiger partial charge in [0.2, 0.25) is 0 Å². The number of hydrogen-bond donors (Lipinski definition) is 0. The lowest BCUT2D eigenvalue weighted by atomic mass is 9.94. The number of anilines is 1. The van der Waals surface area contributed by atoms with Crippen molar-refractivity contribution in [2.45, 2.75) is 38.6 Å². The Kier molecular flexibility index (Phi) is 5.87. The summed E-state index contributed by atoms with van der Waals surface area (Å²) in [7, 11) is 2.20. The van der Waals surface area contributed by atoms with Gasteiger partial charge >= 0.3 is 0 Å². The van der Waals surface area contributed by atoms with Crippen LogP contribution in [0.15, 0.2) is 51.8 Å². The lowest BCUT2D eigenvalue weighted by molar-refractivity contribution is 0.0393. The number of benzene rings is 1. The lowest BCUT2D eigenvalue weighted by Gasteiger charge is -2.38. The highest BCUT2D eigenvalue weighted by atomic mass is 16.5. The summed E-state index contributed by atoms with van der Waals surface area (Å²) >= 11 is 0. The van der Waals surface area contributed by atoms with Crippen molar-refractivity contribution in [3.8, 4) is 0 Å². The number of aryl methyl sites for hydroxylation is 2. The Morgan fingerprint density at radius 3 is 2.55 bits per heavy atom. The van der Waals surface area contributed by atoms with Gasteiger partial charge in [-0.3, -0.25) is 9.80 Å². The zero-order valence-corrected chi connectivity index (χ0v) is 19.8. The van der Waals surface area contributed by atoms with Crippen molar-refractivity contribution in [1.29, 1.82) is 0 Å². The summed E-state index contributed by atoms with van der Waals surface area (Å²) in [6.07, 6.45) is 10.5. The number of morpholine rings is 1. The van der Waals surface area contributed by atoms with Crippen LogP contribution in [-0.2, 0) is 24.1 Å². The van der Waals surface area contributed by atoms with E-state index in [0.29, 0.717) is 0 Å². The van der Waals surface area contributed by atoms with Crippen LogP contribution in [0.3, 0.4) is 0 Å². The standard InChI is InChI=1S/C28H35N3O2/c1-29(20-26-6-3-13-33-26)19-25-17-24-16-22-4-2-5-23(22)18-27(24)31(28(25)21-7-8-21)10-9-30-11-14-32-15-12-30/h3,6,13,16-18H,2,4-5,7-12,14-15,19-20H2,1H3. The van der Waals surface area contributed by atoms with Gasteiger partial charge in [-0.05, 0) is 97.3 Å². The normalized spacial score (nSPS) is 20.3. The van der Waals surface area contributed by atoms with Crippen molar-refractivity contribution in [2.75, 3.05) is 57.9 Å². The topological polar surface area (TPSA) is 32.1 Å². The molecule has 1 aromatic carbocycles. The zero-order valence-electron chi connectivity index (χ0n) is 19.8. The predicted octanol–water partition coefficient (Wildman–Crippen LogP) is 4.48. The number of hydrogen-bond acceptors (Lipinski definition) is 5. The van der Waals surface area contributed by atoms with Gasteiger partial charge in [-0.25, -0.2) is 0 Å². The second-order valence-electron chi connectivity index (χ2n) is 10.0. The number of likely N-dealkylation sites (N-methyl/N-ethyl adjacent to an activating group) is 1. The third-order valence-corrected chi connectivity index (χ3v) is 7.46. The van der Waals surface area contributed by atoms with E-state index in [1.54, 1.807) is 23.0 Å². The highest BCUT2D eigenvalue weighted by Crippen LogP contribution is 2.44. The van der Waals surface area contributed by atoms with Gasteiger partial charge in [-0.2, -0.15) is 0 Å². The molecule has 0 unspecified atom stereocenters. The van der Waals surface area contributed by atoms with Crippen LogP contribution in [0.4, 0.5) is 5.69 Å². The smallest absolute Gasteiger partial charge is 0.117 e. The molecule has 5 nitrogen and oxygen atoms in total. The van der Waals surface area contributed by atoms with E-state index in [0.717, 1.165) is 58.2 Å². The number of allylic oxidation sites excluding steroid dienone is 1. The summed E-state index contributed by atoms with van der Waals surface area (Å²) in [6, 6.07) is 9.05. The summed E-state index contributed by atoms with van der Waals surface area (Å²) in [5.74, 6) is 1.02. The summed E-state index contributed by atoms with van der Waals surface area (Å²) in [5.41, 5.74) is 10.5. The Morgan fingerprint density at radius 1 is 0.970 bits per heavy atom. The Labute approximate surface area is 197 Å². The molecule has 2 aromatic rings. The Balaban J connectivity index is 1.32. The minimum Gasteiger partial charge on any atom is -0.468 e. The number of nitrogens with zero attached hydrogens (tertiary/aromatic N) is 3. The molecule has 1 saturated heterocycles. The van der Waals surface area contributed by atoms with Crippen LogP contribution in [0.1, 0.15) is 41.7 Å². The largest absolute Gasteiger partial charge is 0.468 e. The fraction of sp³-hybridized carbons (Fsp3) is 0.500. The molecule has 2 aliphatic heterocycles. The van der Waals surface area contributed by atoms with Crippen molar-refractivity contribution < 1.29 is 9.15 Å². The van der Waals surface area contributed by atoms with E-state index in [-0.39, 0.29) is 0 Å². The third-order valence-electron chi connectivity index (χ3n) is 7.46. The fourth-order valence-electron chi connectivity index (χ4n) is 5.68. The summed E-state index contributed by atoms with van der Waals surface area (Å²) in [4.78, 5) is 7.61. The van der Waals surface area contributed by atoms with Crippen LogP contribution < -0.4 is 4.90 Å². The molecule has 6 rings (SSSR count). The second-order valence-corrected chi connectivity index (χ2v) is 10.0. The first kappa shape index (κ1) is 21.2. The van der Waals surface area contributed by atoms with Gasteiger partial charge in [0, 0.05) is 44.1 Å². The molecule has 3 heterocycles. The molecule has 1 aromatic heterocycles. The van der Waals surface area contributed by atoms with E-state index < -0.39 is 0 Å². The van der Waals surface area contributed by atoms with Gasteiger partial charge in [-0.1, -0.05) is 0 Å². The molecule has 0 spiro atoms. The van der Waals surface area contributed by atoms with E-state index in [1.165, 1.54) is 54.6 Å².